The molecule has 3 aromatic rings. The van der Waals surface area contributed by atoms with E-state index in [4.69, 9.17) is 10.1 Å². The molecule has 2 fully saturated rings. The van der Waals surface area contributed by atoms with Gasteiger partial charge in [0.05, 0.1) is 24.5 Å². The molecule has 0 spiro atoms. The SMILES string of the molecule is OCCn1cc(-c2ccnc(N3CCCC3)n2)c([C@@H]2CCCN(Cc3cccs3)C2)n1. The van der Waals surface area contributed by atoms with Crippen molar-refractivity contribution >= 4 is 17.3 Å². The minimum Gasteiger partial charge on any atom is -0.394 e. The number of anilines is 1. The molecule has 164 valence electrons. The Kier molecular flexibility index (Phi) is 6.29. The molecular weight excluding hydrogens is 408 g/mol. The van der Waals surface area contributed by atoms with Crippen molar-refractivity contribution in [1.29, 1.82) is 0 Å². The van der Waals surface area contributed by atoms with Gasteiger partial charge in [0.25, 0.3) is 0 Å². The van der Waals surface area contributed by atoms with Crippen LogP contribution in [0.4, 0.5) is 5.95 Å². The summed E-state index contributed by atoms with van der Waals surface area (Å²) in [6.45, 7) is 5.79. The molecular formula is C23H30N6OS. The molecule has 2 aliphatic heterocycles. The second-order valence-electron chi connectivity index (χ2n) is 8.50. The minimum atomic E-state index is 0.0819. The van der Waals surface area contributed by atoms with E-state index in [1.807, 2.05) is 28.3 Å². The summed E-state index contributed by atoms with van der Waals surface area (Å²) in [7, 11) is 0. The number of aliphatic hydroxyl groups is 1. The molecule has 0 radical (unpaired) electrons. The first-order chi connectivity index (χ1) is 15.3. The Morgan fingerprint density at radius 1 is 1.13 bits per heavy atom. The lowest BCUT2D eigenvalue weighted by Gasteiger charge is -2.32. The van der Waals surface area contributed by atoms with E-state index in [0.717, 1.165) is 62.0 Å². The molecule has 31 heavy (non-hydrogen) atoms. The zero-order valence-electron chi connectivity index (χ0n) is 17.9. The summed E-state index contributed by atoms with van der Waals surface area (Å²) >= 11 is 1.83. The van der Waals surface area contributed by atoms with Gasteiger partial charge in [-0.1, -0.05) is 6.07 Å². The average molecular weight is 439 g/mol. The first kappa shape index (κ1) is 20.6. The second kappa shape index (κ2) is 9.46. The molecule has 0 aromatic carbocycles. The van der Waals surface area contributed by atoms with Crippen molar-refractivity contribution in [3.05, 3.63) is 46.5 Å². The van der Waals surface area contributed by atoms with Crippen LogP contribution in [-0.2, 0) is 13.1 Å². The predicted molar refractivity (Wildman–Crippen MR) is 123 cm³/mol. The highest BCUT2D eigenvalue weighted by Crippen LogP contribution is 2.34. The molecule has 0 unspecified atom stereocenters. The third kappa shape index (κ3) is 4.66. The second-order valence-corrected chi connectivity index (χ2v) is 9.54. The lowest BCUT2D eigenvalue weighted by molar-refractivity contribution is 0.199. The topological polar surface area (TPSA) is 70.3 Å². The zero-order chi connectivity index (χ0) is 21.0. The molecule has 0 bridgehead atoms. The monoisotopic (exact) mass is 438 g/mol. The number of hydrogen-bond donors (Lipinski definition) is 1. The van der Waals surface area contributed by atoms with E-state index in [-0.39, 0.29) is 6.61 Å². The standard InChI is InChI=1S/C23H30N6OS/c30-13-12-29-17-20(21-7-8-24-23(25-21)28-10-1-2-11-28)22(26-29)18-5-3-9-27(15-18)16-19-6-4-14-31-19/h4,6-8,14,17-18,30H,1-3,5,9-13,15-16H2/t18-/m1/s1. The molecule has 5 rings (SSSR count). The largest absolute Gasteiger partial charge is 0.394 e. The van der Waals surface area contributed by atoms with Gasteiger partial charge in [-0.25, -0.2) is 9.97 Å². The summed E-state index contributed by atoms with van der Waals surface area (Å²) in [6, 6.07) is 6.34. The first-order valence-electron chi connectivity index (χ1n) is 11.3. The number of likely N-dealkylation sites (tertiary alicyclic amines) is 1. The summed E-state index contributed by atoms with van der Waals surface area (Å²) in [5.74, 6) is 1.19. The lowest BCUT2D eigenvalue weighted by Crippen LogP contribution is -2.34. The Morgan fingerprint density at radius 2 is 2.03 bits per heavy atom. The maximum absolute atomic E-state index is 9.47. The van der Waals surface area contributed by atoms with E-state index >= 15 is 0 Å². The van der Waals surface area contributed by atoms with Gasteiger partial charge in [0.1, 0.15) is 0 Å². The molecule has 2 aliphatic rings. The Morgan fingerprint density at radius 3 is 2.84 bits per heavy atom. The molecule has 7 nitrogen and oxygen atoms in total. The van der Waals surface area contributed by atoms with Crippen LogP contribution in [0.25, 0.3) is 11.3 Å². The molecule has 1 atom stereocenters. The average Bonchev–Trinajstić information content (AvgIpc) is 3.56. The molecule has 0 saturated carbocycles. The van der Waals surface area contributed by atoms with E-state index < -0.39 is 0 Å². The van der Waals surface area contributed by atoms with Crippen molar-refractivity contribution in [1.82, 2.24) is 24.6 Å². The third-order valence-corrected chi connectivity index (χ3v) is 7.14. The van der Waals surface area contributed by atoms with Crippen LogP contribution in [-0.4, -0.2) is 62.5 Å². The van der Waals surface area contributed by atoms with Crippen LogP contribution in [0.3, 0.4) is 0 Å². The van der Waals surface area contributed by atoms with E-state index in [1.54, 1.807) is 0 Å². The minimum absolute atomic E-state index is 0.0819. The molecule has 3 aromatic heterocycles. The first-order valence-corrected chi connectivity index (χ1v) is 12.2. The van der Waals surface area contributed by atoms with Crippen molar-refractivity contribution < 1.29 is 5.11 Å². The lowest BCUT2D eigenvalue weighted by atomic mass is 9.91. The van der Waals surface area contributed by atoms with Gasteiger partial charge in [-0.3, -0.25) is 9.58 Å². The van der Waals surface area contributed by atoms with E-state index in [1.165, 1.54) is 24.1 Å². The van der Waals surface area contributed by atoms with Crippen LogP contribution in [0, 0.1) is 0 Å². The number of aromatic nitrogens is 4. The van der Waals surface area contributed by atoms with Gasteiger partial charge >= 0.3 is 0 Å². The maximum Gasteiger partial charge on any atom is 0.225 e. The fourth-order valence-electron chi connectivity index (χ4n) is 4.77. The highest BCUT2D eigenvalue weighted by molar-refractivity contribution is 7.09. The predicted octanol–water partition coefficient (Wildman–Crippen LogP) is 3.37. The van der Waals surface area contributed by atoms with E-state index in [2.05, 4.69) is 38.5 Å². The van der Waals surface area contributed by atoms with Gasteiger partial charge in [-0.2, -0.15) is 5.10 Å². The number of nitrogens with zero attached hydrogens (tertiary/aromatic N) is 6. The number of aliphatic hydroxyl groups excluding tert-OH is 1. The maximum atomic E-state index is 9.47. The highest BCUT2D eigenvalue weighted by Gasteiger charge is 2.27. The Balaban J connectivity index is 1.42. The quantitative estimate of drug-likeness (QED) is 0.610. The van der Waals surface area contributed by atoms with Crippen molar-refractivity contribution in [2.75, 3.05) is 37.7 Å². The van der Waals surface area contributed by atoms with Crippen LogP contribution in [0.2, 0.25) is 0 Å². The summed E-state index contributed by atoms with van der Waals surface area (Å²) in [5, 5.41) is 16.5. The highest BCUT2D eigenvalue weighted by atomic mass is 32.1. The Bertz CT molecular complexity index is 982. The van der Waals surface area contributed by atoms with Crippen LogP contribution >= 0.6 is 11.3 Å². The van der Waals surface area contributed by atoms with E-state index in [9.17, 15) is 5.11 Å². The Hall–Kier alpha value is -2.29. The summed E-state index contributed by atoms with van der Waals surface area (Å²) < 4.78 is 1.88. The molecule has 8 heteroatoms. The van der Waals surface area contributed by atoms with Gasteiger partial charge in [-0.05, 0) is 49.7 Å². The third-order valence-electron chi connectivity index (χ3n) is 6.28. The van der Waals surface area contributed by atoms with Crippen molar-refractivity contribution in [2.24, 2.45) is 0 Å². The van der Waals surface area contributed by atoms with Crippen LogP contribution < -0.4 is 4.90 Å². The van der Waals surface area contributed by atoms with Crippen LogP contribution in [0.5, 0.6) is 0 Å². The normalized spacial score (nSPS) is 19.9. The van der Waals surface area contributed by atoms with Gasteiger partial charge in [0.15, 0.2) is 0 Å². The van der Waals surface area contributed by atoms with Crippen molar-refractivity contribution in [2.45, 2.75) is 44.7 Å². The molecule has 1 N–H and O–H groups in total. The van der Waals surface area contributed by atoms with Crippen LogP contribution in [0.1, 0.15) is 42.2 Å². The number of piperidine rings is 1. The molecule has 0 aliphatic carbocycles. The number of thiophene rings is 1. The zero-order valence-corrected chi connectivity index (χ0v) is 18.7. The molecule has 5 heterocycles. The molecule has 2 saturated heterocycles. The fourth-order valence-corrected chi connectivity index (χ4v) is 5.51. The van der Waals surface area contributed by atoms with Gasteiger partial charge in [0.2, 0.25) is 5.95 Å². The van der Waals surface area contributed by atoms with Gasteiger partial charge in [-0.15, -0.1) is 11.3 Å². The van der Waals surface area contributed by atoms with Crippen molar-refractivity contribution in [3.63, 3.8) is 0 Å². The summed E-state index contributed by atoms with van der Waals surface area (Å²) in [6.07, 6.45) is 8.64. The fraction of sp³-hybridized carbons (Fsp3) is 0.522. The summed E-state index contributed by atoms with van der Waals surface area (Å²) in [4.78, 5) is 15.7. The van der Waals surface area contributed by atoms with Crippen molar-refractivity contribution in [3.8, 4) is 11.3 Å². The number of hydrogen-bond acceptors (Lipinski definition) is 7. The Labute approximate surface area is 187 Å². The number of rotatable bonds is 7. The van der Waals surface area contributed by atoms with E-state index in [0.29, 0.717) is 12.5 Å². The smallest absolute Gasteiger partial charge is 0.225 e. The van der Waals surface area contributed by atoms with Crippen LogP contribution in [0.15, 0.2) is 36.0 Å². The van der Waals surface area contributed by atoms with Gasteiger partial charge < -0.3 is 10.0 Å². The van der Waals surface area contributed by atoms with Gasteiger partial charge in [0, 0.05) is 54.9 Å². The molecule has 0 amide bonds. The summed E-state index contributed by atoms with van der Waals surface area (Å²) in [5.41, 5.74) is 3.13.